The Morgan fingerprint density at radius 3 is 1.32 bits per heavy atom. The van der Waals surface area contributed by atoms with Crippen LogP contribution in [0.3, 0.4) is 0 Å². The van der Waals surface area contributed by atoms with Gasteiger partial charge in [0, 0.05) is 80.2 Å². The summed E-state index contributed by atoms with van der Waals surface area (Å²) in [7, 11) is 0. The van der Waals surface area contributed by atoms with Crippen LogP contribution in [0.15, 0.2) is 133 Å². The van der Waals surface area contributed by atoms with Crippen LogP contribution in [-0.4, -0.2) is 223 Å². The first-order valence-corrected chi connectivity index (χ1v) is 32.9. The first-order chi connectivity index (χ1) is 45.4. The van der Waals surface area contributed by atoms with Gasteiger partial charge < -0.3 is 97.4 Å². The molecule has 95 heavy (non-hydrogen) atoms. The third kappa shape index (κ3) is 21.1. The minimum Gasteiger partial charge on any atom is -0.477 e. The van der Waals surface area contributed by atoms with E-state index in [1.807, 2.05) is 60.7 Å². The van der Waals surface area contributed by atoms with Crippen molar-refractivity contribution in [3.63, 3.8) is 0 Å². The van der Waals surface area contributed by atoms with Gasteiger partial charge in [-0.1, -0.05) is 84.9 Å². The largest absolute Gasteiger partial charge is 0.477 e. The number of thioether (sulfide) groups is 2. The number of anilines is 1. The summed E-state index contributed by atoms with van der Waals surface area (Å²) < 4.78 is 23.1. The number of carbonyl (C=O) groups is 8. The van der Waals surface area contributed by atoms with Crippen LogP contribution >= 0.6 is 23.5 Å². The molecule has 0 radical (unpaired) electrons. The molecule has 29 heteroatoms. The van der Waals surface area contributed by atoms with Crippen LogP contribution in [0.4, 0.5) is 5.69 Å². The van der Waals surface area contributed by atoms with Crippen LogP contribution in [0.25, 0.3) is 22.3 Å². The minimum atomic E-state index is -2.53. The summed E-state index contributed by atoms with van der Waals surface area (Å²) in [6.45, 7) is 1.06. The predicted molar refractivity (Wildman–Crippen MR) is 351 cm³/mol. The van der Waals surface area contributed by atoms with Gasteiger partial charge in [0.2, 0.25) is 17.7 Å². The molecule has 13 atom stereocenters. The molecule has 512 valence electrons. The zero-order valence-corrected chi connectivity index (χ0v) is 53.7. The predicted octanol–water partition coefficient (Wildman–Crippen LogP) is 1.47. The summed E-state index contributed by atoms with van der Waals surface area (Å²) >= 11 is 2.68. The van der Waals surface area contributed by atoms with Gasteiger partial charge >= 0.3 is 11.9 Å². The fourth-order valence-corrected chi connectivity index (χ4v) is 12.2. The maximum Gasteiger partial charge on any atom is 0.364 e. The summed E-state index contributed by atoms with van der Waals surface area (Å²) in [5, 5.41) is 103. The van der Waals surface area contributed by atoms with Gasteiger partial charge in [-0.15, -0.1) is 0 Å². The number of rotatable bonds is 34. The van der Waals surface area contributed by atoms with Crippen molar-refractivity contribution in [2.75, 3.05) is 61.2 Å². The molecule has 5 aromatic carbocycles. The van der Waals surface area contributed by atoms with Gasteiger partial charge in [0.15, 0.2) is 0 Å². The van der Waals surface area contributed by atoms with Gasteiger partial charge in [0.25, 0.3) is 29.3 Å². The lowest BCUT2D eigenvalue weighted by atomic mass is 9.88. The number of amides is 6. The monoisotopic (exact) mass is 1360 g/mol. The Morgan fingerprint density at radius 1 is 0.537 bits per heavy atom. The summed E-state index contributed by atoms with van der Waals surface area (Å²) in [6, 6.07) is 34.6. The van der Waals surface area contributed by atoms with E-state index < -0.39 is 152 Å². The molecule has 2 aliphatic rings. The SMILES string of the molecule is CC(=O)NC1[C@H]([C@H](O)[C@H](O)CNC(=O)c2ccc(-c3ccccc3)cc2)O[C@@](OCCCSCCNC(=O)c2ccc(NC(=O)C(N)CSCCCO[C@]3(C(=O)O)C[C@H](O)[C@@H](NC(C)=O)[C@H]([C@H](O)[C@H](O)CNC(=O)c4ccc(-c5ccccc5)cc4)O3)cc2)(C(=O)O)C[C@@H]1O. The molecule has 2 aliphatic heterocycles. The van der Waals surface area contributed by atoms with Crippen molar-refractivity contribution in [2.45, 2.75) is 118 Å². The Labute approximate surface area is 556 Å². The molecule has 16 N–H and O–H groups in total. The molecule has 7 rings (SSSR count). The number of aliphatic carboxylic acids is 2. The number of ether oxygens (including phenoxy) is 4. The molecular formula is C66H81N7O20S2. The highest BCUT2D eigenvalue weighted by Gasteiger charge is 2.57. The lowest BCUT2D eigenvalue weighted by Gasteiger charge is -2.46. The molecule has 0 saturated carbocycles. The zero-order chi connectivity index (χ0) is 68.8. The highest BCUT2D eigenvalue weighted by Crippen LogP contribution is 2.36. The second-order valence-electron chi connectivity index (χ2n) is 22.7. The van der Waals surface area contributed by atoms with Crippen LogP contribution < -0.4 is 37.6 Å². The number of aliphatic hydroxyl groups excluding tert-OH is 6. The van der Waals surface area contributed by atoms with Gasteiger partial charge in [-0.2, -0.15) is 23.5 Å². The summed E-state index contributed by atoms with van der Waals surface area (Å²) in [6.07, 6.45) is -14.9. The average Bonchev–Trinajstić information content (AvgIpc) is 0.781. The van der Waals surface area contributed by atoms with Crippen molar-refractivity contribution in [3.8, 4) is 22.3 Å². The molecule has 0 aliphatic carbocycles. The Hall–Kier alpha value is -7.88. The minimum absolute atomic E-state index is 0.134. The molecule has 6 amide bonds. The van der Waals surface area contributed by atoms with Crippen molar-refractivity contribution in [1.82, 2.24) is 26.6 Å². The summed E-state index contributed by atoms with van der Waals surface area (Å²) in [4.78, 5) is 102. The fraction of sp³-hybridized carbons (Fsp3) is 0.424. The molecule has 5 aromatic rings. The van der Waals surface area contributed by atoms with E-state index in [9.17, 15) is 79.2 Å². The maximum absolute atomic E-state index is 13.0. The van der Waals surface area contributed by atoms with Crippen molar-refractivity contribution < 1.29 is 98.2 Å². The molecule has 2 unspecified atom stereocenters. The van der Waals surface area contributed by atoms with Crippen LogP contribution in [0.1, 0.15) is 70.6 Å². The smallest absolute Gasteiger partial charge is 0.364 e. The number of carbonyl (C=O) groups excluding carboxylic acids is 6. The van der Waals surface area contributed by atoms with Crippen LogP contribution in [0.2, 0.25) is 0 Å². The van der Waals surface area contributed by atoms with Crippen molar-refractivity contribution in [3.05, 3.63) is 150 Å². The first-order valence-electron chi connectivity index (χ1n) is 30.6. The van der Waals surface area contributed by atoms with E-state index in [0.717, 1.165) is 36.1 Å². The lowest BCUT2D eigenvalue weighted by molar-refractivity contribution is -0.310. The van der Waals surface area contributed by atoms with Gasteiger partial charge in [0.1, 0.15) is 24.4 Å². The number of hydrogen-bond acceptors (Lipinski definition) is 21. The van der Waals surface area contributed by atoms with Gasteiger partial charge in [-0.05, 0) is 95.1 Å². The number of carboxylic acids is 2. The number of benzene rings is 5. The Kier molecular flexibility index (Phi) is 28.0. The van der Waals surface area contributed by atoms with E-state index in [-0.39, 0.29) is 49.5 Å². The van der Waals surface area contributed by atoms with E-state index in [1.165, 1.54) is 47.8 Å². The number of aliphatic hydroxyl groups is 6. The second kappa shape index (κ2) is 35.7. The molecule has 0 aromatic heterocycles. The molecule has 2 fully saturated rings. The van der Waals surface area contributed by atoms with Crippen molar-refractivity contribution >= 4 is 76.6 Å². The third-order valence-electron chi connectivity index (χ3n) is 15.6. The molecule has 2 saturated heterocycles. The third-order valence-corrected chi connectivity index (χ3v) is 17.8. The summed E-state index contributed by atoms with van der Waals surface area (Å²) in [5.74, 6) is -10.3. The van der Waals surface area contributed by atoms with Crippen LogP contribution in [-0.2, 0) is 42.9 Å². The normalized spacial score (nSPS) is 22.5. The number of nitrogens with two attached hydrogens (primary N) is 1. The first kappa shape index (κ1) is 74.5. The summed E-state index contributed by atoms with van der Waals surface area (Å²) in [5.41, 5.74) is 11.0. The number of nitrogens with one attached hydrogen (secondary N) is 6. The maximum atomic E-state index is 13.0. The van der Waals surface area contributed by atoms with Gasteiger partial charge in [-0.3, -0.25) is 28.8 Å². The van der Waals surface area contributed by atoms with Gasteiger partial charge in [-0.25, -0.2) is 9.59 Å². The highest BCUT2D eigenvalue weighted by molar-refractivity contribution is 7.99. The molecule has 0 bridgehead atoms. The van der Waals surface area contributed by atoms with E-state index in [2.05, 4.69) is 31.9 Å². The number of carboxylic acid groups (broad SMARTS) is 2. The van der Waals surface area contributed by atoms with Gasteiger partial charge in [0.05, 0.1) is 55.8 Å². The molecule has 0 spiro atoms. The van der Waals surface area contributed by atoms with E-state index >= 15 is 0 Å². The highest BCUT2D eigenvalue weighted by atomic mass is 32.2. The standard InChI is InChI=1S/C66H81N7O20S2/c1-38(74)71-53-49(76)33-65(63(86)87,92-57(53)55(80)51(78)35-69-60(83)44-19-15-42(16-20-44)40-11-5-3-6-12-40)90-28-9-30-94-32-27-68-59(82)46-23-25-47(26-24-46)73-62(85)48(67)37-95-31-10-29-91-66(64(88)89)34-50(77)54(72-39(2)75)58(93-66)56(81)52(79)36-70-61(84)45-21-17-43(18-22-45)41-13-7-4-8-14-41/h3-8,11-26,48-58,76-81H,9-10,27-37,67H2,1-2H3,(H,68,82)(H,69,83)(H,70,84)(H,71,74)(H,72,75)(H,73,85)(H,86,87)(H,88,89)/t48?,49-,50-,51+,52+,53?,54+,55+,56+,57+,58+,65+,66+/m0/s1. The zero-order valence-electron chi connectivity index (χ0n) is 52.1. The molecular weight excluding hydrogens is 1270 g/mol. The fourth-order valence-electron chi connectivity index (χ4n) is 10.5. The number of hydrogen-bond donors (Lipinski definition) is 15. The lowest BCUT2D eigenvalue weighted by Crippen LogP contribution is -2.68. The Balaban J connectivity index is 0.784. The van der Waals surface area contributed by atoms with E-state index in [1.54, 1.807) is 48.5 Å². The second-order valence-corrected chi connectivity index (χ2v) is 25.1. The van der Waals surface area contributed by atoms with Crippen molar-refractivity contribution in [2.24, 2.45) is 5.73 Å². The van der Waals surface area contributed by atoms with Crippen molar-refractivity contribution in [1.29, 1.82) is 0 Å². The Bertz CT molecular complexity index is 3370. The van der Waals surface area contributed by atoms with E-state index in [4.69, 9.17) is 24.7 Å². The molecule has 2 heterocycles. The Morgan fingerprint density at radius 2 is 0.916 bits per heavy atom. The quantitative estimate of drug-likeness (QED) is 0.0259. The van der Waals surface area contributed by atoms with E-state index in [0.29, 0.717) is 28.5 Å². The van der Waals surface area contributed by atoms with Crippen LogP contribution in [0.5, 0.6) is 0 Å². The van der Waals surface area contributed by atoms with Crippen LogP contribution in [0, 0.1) is 0 Å². The molecule has 27 nitrogen and oxygen atoms in total. The average molecular weight is 1360 g/mol. The topological polar surface area (TPSA) is 434 Å².